The number of hydrogen-bond donors (Lipinski definition) is 1. The van der Waals surface area contributed by atoms with Crippen molar-refractivity contribution in [3.63, 3.8) is 0 Å². The third kappa shape index (κ3) is 2.64. The minimum Gasteiger partial charge on any atom is -0.325 e. The molecule has 1 unspecified atom stereocenters. The van der Waals surface area contributed by atoms with Gasteiger partial charge in [-0.3, -0.25) is 13.9 Å². The van der Waals surface area contributed by atoms with Gasteiger partial charge in [0.15, 0.2) is 0 Å². The number of nitrogens with one attached hydrogen (secondary N) is 1. The first-order valence-corrected chi connectivity index (χ1v) is 7.34. The number of hydrogen-bond acceptors (Lipinski definition) is 3. The summed E-state index contributed by atoms with van der Waals surface area (Å²) in [6, 6.07) is 16.7. The average Bonchev–Trinajstić information content (AvgIpc) is 2.49. The number of benzene rings is 2. The van der Waals surface area contributed by atoms with Crippen molar-refractivity contribution in [2.75, 3.05) is 12.4 Å². The van der Waals surface area contributed by atoms with Crippen molar-refractivity contribution in [3.8, 4) is 0 Å². The molecule has 5 heteroatoms. The van der Waals surface area contributed by atoms with Gasteiger partial charge in [-0.1, -0.05) is 36.4 Å². The van der Waals surface area contributed by atoms with Gasteiger partial charge in [0.1, 0.15) is 5.92 Å². The van der Waals surface area contributed by atoms with Crippen LogP contribution in [0.3, 0.4) is 0 Å². The second kappa shape index (κ2) is 5.61. The predicted molar refractivity (Wildman–Crippen MR) is 82.9 cm³/mol. The first kappa shape index (κ1) is 13.7. The highest BCUT2D eigenvalue weighted by Crippen LogP contribution is 2.38. The molecule has 0 bridgehead atoms. The van der Waals surface area contributed by atoms with E-state index in [9.17, 15) is 9.59 Å². The third-order valence-corrected chi connectivity index (χ3v) is 4.35. The van der Waals surface area contributed by atoms with Gasteiger partial charge in [-0.15, -0.1) is 0 Å². The Kier molecular flexibility index (Phi) is 3.66. The summed E-state index contributed by atoms with van der Waals surface area (Å²) in [5.74, 6) is -1.30. The minimum absolute atomic E-state index is 0.202. The van der Waals surface area contributed by atoms with E-state index >= 15 is 0 Å². The van der Waals surface area contributed by atoms with E-state index in [1.54, 1.807) is 19.2 Å². The van der Waals surface area contributed by atoms with Crippen molar-refractivity contribution in [2.24, 2.45) is 0 Å². The van der Waals surface area contributed by atoms with Crippen LogP contribution in [0.25, 0.3) is 0 Å². The SMILES string of the molecule is CN1Sc2ccccc2C(C(=O)Nc2ccccc2)C1=O. The molecule has 1 aliphatic rings. The molecule has 4 nitrogen and oxygen atoms in total. The number of nitrogens with zero attached hydrogens (tertiary/aromatic N) is 1. The monoisotopic (exact) mass is 298 g/mol. The maximum atomic E-state index is 12.5. The number of anilines is 1. The highest BCUT2D eigenvalue weighted by Gasteiger charge is 2.37. The van der Waals surface area contributed by atoms with Crippen LogP contribution in [0.4, 0.5) is 5.69 Å². The highest BCUT2D eigenvalue weighted by atomic mass is 32.2. The summed E-state index contributed by atoms with van der Waals surface area (Å²) in [6.45, 7) is 0. The number of fused-ring (bicyclic) bond motifs is 1. The summed E-state index contributed by atoms with van der Waals surface area (Å²) >= 11 is 1.35. The molecule has 0 saturated heterocycles. The maximum Gasteiger partial charge on any atom is 0.249 e. The molecule has 0 spiro atoms. The summed E-state index contributed by atoms with van der Waals surface area (Å²) in [5.41, 5.74) is 1.45. The lowest BCUT2D eigenvalue weighted by molar-refractivity contribution is -0.132. The molecule has 2 amide bonds. The lowest BCUT2D eigenvalue weighted by atomic mass is 9.96. The van der Waals surface area contributed by atoms with Gasteiger partial charge >= 0.3 is 0 Å². The Bertz CT molecular complexity index is 688. The molecule has 2 aromatic rings. The number of para-hydroxylation sites is 1. The van der Waals surface area contributed by atoms with Crippen LogP contribution >= 0.6 is 11.9 Å². The first-order chi connectivity index (χ1) is 10.2. The van der Waals surface area contributed by atoms with Gasteiger partial charge in [0, 0.05) is 17.6 Å². The Labute approximate surface area is 127 Å². The van der Waals surface area contributed by atoms with E-state index < -0.39 is 5.92 Å². The van der Waals surface area contributed by atoms with Gasteiger partial charge < -0.3 is 5.32 Å². The van der Waals surface area contributed by atoms with Crippen molar-refractivity contribution < 1.29 is 9.59 Å². The topological polar surface area (TPSA) is 49.4 Å². The number of rotatable bonds is 2. The Morgan fingerprint density at radius 3 is 2.52 bits per heavy atom. The van der Waals surface area contributed by atoms with E-state index in [1.807, 2.05) is 42.5 Å². The van der Waals surface area contributed by atoms with Crippen LogP contribution in [-0.4, -0.2) is 23.2 Å². The van der Waals surface area contributed by atoms with E-state index in [0.717, 1.165) is 10.5 Å². The molecule has 0 aliphatic carbocycles. The second-order valence-electron chi connectivity index (χ2n) is 4.75. The zero-order valence-corrected chi connectivity index (χ0v) is 12.3. The Morgan fingerprint density at radius 2 is 1.76 bits per heavy atom. The number of carbonyl (C=O) groups excluding carboxylic acids is 2. The number of amides is 2. The lowest BCUT2D eigenvalue weighted by Crippen LogP contribution is -2.37. The molecule has 0 radical (unpaired) electrons. The molecule has 1 atom stereocenters. The van der Waals surface area contributed by atoms with Gasteiger partial charge in [0.25, 0.3) is 0 Å². The van der Waals surface area contributed by atoms with Gasteiger partial charge in [-0.2, -0.15) is 0 Å². The molecular weight excluding hydrogens is 284 g/mol. The molecule has 106 valence electrons. The van der Waals surface area contributed by atoms with Gasteiger partial charge in [0.2, 0.25) is 11.8 Å². The number of carbonyl (C=O) groups is 2. The Balaban J connectivity index is 1.93. The van der Waals surface area contributed by atoms with Gasteiger partial charge in [-0.05, 0) is 35.7 Å². The molecule has 0 fully saturated rings. The fraction of sp³-hybridized carbons (Fsp3) is 0.125. The van der Waals surface area contributed by atoms with Crippen LogP contribution in [0.1, 0.15) is 11.5 Å². The summed E-state index contributed by atoms with van der Waals surface area (Å²) in [7, 11) is 1.69. The standard InChI is InChI=1S/C16H14N2O2S/c1-18-16(20)14(12-9-5-6-10-13(12)21-18)15(19)17-11-7-3-2-4-8-11/h2-10,14H,1H3,(H,17,19). The smallest absolute Gasteiger partial charge is 0.249 e. The third-order valence-electron chi connectivity index (χ3n) is 3.33. The Morgan fingerprint density at radius 1 is 1.10 bits per heavy atom. The van der Waals surface area contributed by atoms with E-state index in [0.29, 0.717) is 5.69 Å². The summed E-state index contributed by atoms with van der Waals surface area (Å²) in [6.07, 6.45) is 0. The van der Waals surface area contributed by atoms with Gasteiger partial charge in [0.05, 0.1) is 0 Å². The largest absolute Gasteiger partial charge is 0.325 e. The molecule has 3 rings (SSSR count). The van der Waals surface area contributed by atoms with E-state index in [1.165, 1.54) is 16.3 Å². The molecule has 1 N–H and O–H groups in total. The highest BCUT2D eigenvalue weighted by molar-refractivity contribution is 7.97. The van der Waals surface area contributed by atoms with Crippen molar-refractivity contribution in [1.29, 1.82) is 0 Å². The van der Waals surface area contributed by atoms with Crippen LogP contribution in [0.5, 0.6) is 0 Å². The normalized spacial score (nSPS) is 17.3. The van der Waals surface area contributed by atoms with E-state index in [2.05, 4.69) is 5.32 Å². The van der Waals surface area contributed by atoms with Gasteiger partial charge in [-0.25, -0.2) is 0 Å². The fourth-order valence-electron chi connectivity index (χ4n) is 2.30. The molecule has 0 saturated carbocycles. The summed E-state index contributed by atoms with van der Waals surface area (Å²) in [5, 5.41) is 2.81. The summed E-state index contributed by atoms with van der Waals surface area (Å²) in [4.78, 5) is 25.8. The lowest BCUT2D eigenvalue weighted by Gasteiger charge is -2.29. The summed E-state index contributed by atoms with van der Waals surface area (Å²) < 4.78 is 1.51. The predicted octanol–water partition coefficient (Wildman–Crippen LogP) is 2.89. The minimum atomic E-state index is -0.798. The van der Waals surface area contributed by atoms with Crippen molar-refractivity contribution >= 4 is 29.4 Å². The maximum absolute atomic E-state index is 12.5. The van der Waals surface area contributed by atoms with Crippen molar-refractivity contribution in [2.45, 2.75) is 10.8 Å². The fourth-order valence-corrected chi connectivity index (χ4v) is 3.22. The molecule has 0 aromatic heterocycles. The van der Waals surface area contributed by atoms with Crippen LogP contribution in [0.15, 0.2) is 59.5 Å². The van der Waals surface area contributed by atoms with Crippen molar-refractivity contribution in [3.05, 3.63) is 60.2 Å². The molecule has 1 aliphatic heterocycles. The van der Waals surface area contributed by atoms with E-state index in [4.69, 9.17) is 0 Å². The molecule has 21 heavy (non-hydrogen) atoms. The Hall–Kier alpha value is -2.27. The average molecular weight is 298 g/mol. The second-order valence-corrected chi connectivity index (χ2v) is 5.92. The first-order valence-electron chi connectivity index (χ1n) is 6.57. The van der Waals surface area contributed by atoms with Crippen LogP contribution < -0.4 is 5.32 Å². The van der Waals surface area contributed by atoms with E-state index in [-0.39, 0.29) is 11.8 Å². The zero-order chi connectivity index (χ0) is 14.8. The quantitative estimate of drug-likeness (QED) is 0.685. The number of likely N-dealkylation sites (N-methyl/N-ethyl adjacent to an activating group) is 1. The zero-order valence-electron chi connectivity index (χ0n) is 11.4. The van der Waals surface area contributed by atoms with Crippen LogP contribution in [0.2, 0.25) is 0 Å². The molecule has 2 aromatic carbocycles. The van der Waals surface area contributed by atoms with Crippen molar-refractivity contribution in [1.82, 2.24) is 4.31 Å². The molecular formula is C16H14N2O2S. The molecule has 1 heterocycles. The van der Waals surface area contributed by atoms with Crippen LogP contribution in [-0.2, 0) is 9.59 Å². The van der Waals surface area contributed by atoms with Crippen LogP contribution in [0, 0.1) is 0 Å².